The lowest BCUT2D eigenvalue weighted by Crippen LogP contribution is -2.63. The van der Waals surface area contributed by atoms with Crippen molar-refractivity contribution in [3.63, 3.8) is 0 Å². The van der Waals surface area contributed by atoms with E-state index in [2.05, 4.69) is 39.0 Å². The lowest BCUT2D eigenvalue weighted by Gasteiger charge is -2.40. The zero-order chi connectivity index (χ0) is 19.3. The molecule has 9 heteroatoms. The Hall–Kier alpha value is -1.52. The van der Waals surface area contributed by atoms with Gasteiger partial charge in [0.15, 0.2) is 5.96 Å². The molecule has 0 radical (unpaired) electrons. The van der Waals surface area contributed by atoms with Gasteiger partial charge in [-0.05, 0) is 26.7 Å². The van der Waals surface area contributed by atoms with Gasteiger partial charge in [-0.3, -0.25) is 4.99 Å². The molecule has 0 spiro atoms. The van der Waals surface area contributed by atoms with Crippen LogP contribution in [0.3, 0.4) is 0 Å². The number of guanidine groups is 1. The summed E-state index contributed by atoms with van der Waals surface area (Å²) in [5.74, 6) is 2.25. The monoisotopic (exact) mass is 492 g/mol. The van der Waals surface area contributed by atoms with Crippen molar-refractivity contribution in [3.8, 4) is 0 Å². The topological polar surface area (TPSA) is 83.8 Å². The van der Waals surface area contributed by atoms with E-state index in [4.69, 9.17) is 4.74 Å². The number of rotatable bonds is 5. The first kappa shape index (κ1) is 23.5. The van der Waals surface area contributed by atoms with E-state index >= 15 is 0 Å². The Balaban J connectivity index is 0.00000364. The van der Waals surface area contributed by atoms with Crippen LogP contribution >= 0.6 is 24.0 Å². The summed E-state index contributed by atoms with van der Waals surface area (Å²) in [5.41, 5.74) is -0.467. The van der Waals surface area contributed by atoms with Gasteiger partial charge in [0.1, 0.15) is 11.4 Å². The highest BCUT2D eigenvalue weighted by Crippen LogP contribution is 2.15. The normalized spacial score (nSPS) is 15.2. The molecule has 2 N–H and O–H groups in total. The maximum Gasteiger partial charge on any atom is 0.410 e. The fourth-order valence-corrected chi connectivity index (χ4v) is 2.66. The Morgan fingerprint density at radius 1 is 1.41 bits per heavy atom. The third kappa shape index (κ3) is 7.55. The molecule has 1 aromatic heterocycles. The van der Waals surface area contributed by atoms with Gasteiger partial charge in [0, 0.05) is 39.1 Å². The van der Waals surface area contributed by atoms with Crippen LogP contribution < -0.4 is 10.6 Å². The van der Waals surface area contributed by atoms with Crippen LogP contribution in [-0.4, -0.2) is 58.3 Å². The molecule has 1 amide bonds. The number of likely N-dealkylation sites (tertiary alicyclic amines) is 1. The predicted octanol–water partition coefficient (Wildman–Crippen LogP) is 2.44. The quantitative estimate of drug-likeness (QED) is 0.375. The molecule has 0 saturated carbocycles. The van der Waals surface area contributed by atoms with Crippen LogP contribution in [0.5, 0.6) is 0 Å². The highest BCUT2D eigenvalue weighted by Gasteiger charge is 2.34. The number of nitrogens with zero attached hydrogens (tertiary/aromatic N) is 4. The molecule has 0 atom stereocenters. The number of carbonyl (C=O) groups is 1. The van der Waals surface area contributed by atoms with E-state index in [0.717, 1.165) is 12.4 Å². The zero-order valence-corrected chi connectivity index (χ0v) is 19.5. The highest BCUT2D eigenvalue weighted by molar-refractivity contribution is 14.0. The highest BCUT2D eigenvalue weighted by atomic mass is 127. The summed E-state index contributed by atoms with van der Waals surface area (Å²) >= 11 is 0. The van der Waals surface area contributed by atoms with E-state index in [1.165, 1.54) is 0 Å². The molecule has 27 heavy (non-hydrogen) atoms. The molecule has 1 aliphatic rings. The number of hydrogen-bond donors (Lipinski definition) is 2. The second kappa shape index (κ2) is 10.1. The average molecular weight is 492 g/mol. The first-order valence-corrected chi connectivity index (χ1v) is 9.13. The van der Waals surface area contributed by atoms with Crippen LogP contribution in [-0.2, 0) is 17.8 Å². The molecule has 8 nitrogen and oxygen atoms in total. The number of amides is 1. The van der Waals surface area contributed by atoms with E-state index < -0.39 is 5.60 Å². The van der Waals surface area contributed by atoms with Crippen LogP contribution in [0.4, 0.5) is 4.79 Å². The minimum absolute atomic E-state index is 0. The number of carbonyl (C=O) groups excluding carboxylic acids is 1. The number of halogens is 1. The standard InChI is InChI=1S/C18H32N6O2.HI/c1-13(2)10-23-8-7-20-15(23)9-21-16(19-6)22-14-11-24(12-14)17(25)26-18(3,4)5;/h7-8,13-14H,9-12H2,1-6H3,(H2,19,21,22);1H. The molecule has 1 fully saturated rings. The maximum atomic E-state index is 12.0. The van der Waals surface area contributed by atoms with Gasteiger partial charge in [-0.25, -0.2) is 9.78 Å². The average Bonchev–Trinajstić information content (AvgIpc) is 2.89. The van der Waals surface area contributed by atoms with Crippen LogP contribution in [0.25, 0.3) is 0 Å². The molecule has 1 aromatic rings. The third-order valence-electron chi connectivity index (χ3n) is 3.88. The summed E-state index contributed by atoms with van der Waals surface area (Å²) in [6.45, 7) is 12.7. The van der Waals surface area contributed by atoms with Crippen molar-refractivity contribution in [1.82, 2.24) is 25.1 Å². The van der Waals surface area contributed by atoms with Crippen molar-refractivity contribution in [2.45, 2.75) is 59.4 Å². The number of hydrogen-bond acceptors (Lipinski definition) is 4. The van der Waals surface area contributed by atoms with Gasteiger partial charge in [0.2, 0.25) is 0 Å². The molecular formula is C18H33IN6O2. The van der Waals surface area contributed by atoms with Gasteiger partial charge in [0.05, 0.1) is 12.6 Å². The van der Waals surface area contributed by atoms with Crippen molar-refractivity contribution >= 4 is 36.0 Å². The Labute approximate surface area is 179 Å². The smallest absolute Gasteiger partial charge is 0.410 e. The third-order valence-corrected chi connectivity index (χ3v) is 3.88. The molecule has 2 rings (SSSR count). The minimum Gasteiger partial charge on any atom is -0.444 e. The van der Waals surface area contributed by atoms with Crippen LogP contribution in [0, 0.1) is 5.92 Å². The first-order chi connectivity index (χ1) is 12.2. The molecule has 0 bridgehead atoms. The summed E-state index contributed by atoms with van der Waals surface area (Å²) in [4.78, 5) is 22.3. The van der Waals surface area contributed by atoms with Crippen LogP contribution in [0.2, 0.25) is 0 Å². The molecule has 2 heterocycles. The summed E-state index contributed by atoms with van der Waals surface area (Å²) in [6, 6.07) is 0.170. The number of ether oxygens (including phenoxy) is 1. The van der Waals surface area contributed by atoms with E-state index in [0.29, 0.717) is 31.5 Å². The van der Waals surface area contributed by atoms with Crippen LogP contribution in [0.15, 0.2) is 17.4 Å². The predicted molar refractivity (Wildman–Crippen MR) is 117 cm³/mol. The second-order valence-corrected chi connectivity index (χ2v) is 8.04. The van der Waals surface area contributed by atoms with Gasteiger partial charge in [-0.1, -0.05) is 13.8 Å². The lowest BCUT2D eigenvalue weighted by molar-refractivity contribution is 0.00701. The molecule has 0 aliphatic carbocycles. The summed E-state index contributed by atoms with van der Waals surface area (Å²) in [7, 11) is 1.74. The number of nitrogens with one attached hydrogen (secondary N) is 2. The van der Waals surface area contributed by atoms with E-state index in [1.807, 2.05) is 33.2 Å². The van der Waals surface area contributed by atoms with Crippen molar-refractivity contribution < 1.29 is 9.53 Å². The Kier molecular flexibility index (Phi) is 8.83. The summed E-state index contributed by atoms with van der Waals surface area (Å²) < 4.78 is 7.52. The number of aromatic nitrogens is 2. The fraction of sp³-hybridized carbons (Fsp3) is 0.722. The van der Waals surface area contributed by atoms with Gasteiger partial charge in [-0.15, -0.1) is 24.0 Å². The summed E-state index contributed by atoms with van der Waals surface area (Å²) in [6.07, 6.45) is 3.55. The fourth-order valence-electron chi connectivity index (χ4n) is 2.66. The van der Waals surface area contributed by atoms with Crippen molar-refractivity contribution in [2.24, 2.45) is 10.9 Å². The van der Waals surface area contributed by atoms with Gasteiger partial charge < -0.3 is 24.8 Å². The van der Waals surface area contributed by atoms with Crippen molar-refractivity contribution in [2.75, 3.05) is 20.1 Å². The SMILES string of the molecule is CN=C(NCc1nccn1CC(C)C)NC1CN(C(=O)OC(C)(C)C)C1.I. The summed E-state index contributed by atoms with van der Waals surface area (Å²) in [5, 5.41) is 6.61. The minimum atomic E-state index is -0.467. The second-order valence-electron chi connectivity index (χ2n) is 8.04. The molecule has 0 aromatic carbocycles. The largest absolute Gasteiger partial charge is 0.444 e. The number of aliphatic imine (C=N–C) groups is 1. The van der Waals surface area contributed by atoms with Crippen molar-refractivity contribution in [1.29, 1.82) is 0 Å². The molecular weight excluding hydrogens is 459 g/mol. The lowest BCUT2D eigenvalue weighted by atomic mass is 10.1. The first-order valence-electron chi connectivity index (χ1n) is 9.13. The van der Waals surface area contributed by atoms with E-state index in [9.17, 15) is 4.79 Å². The molecule has 1 aliphatic heterocycles. The van der Waals surface area contributed by atoms with E-state index in [-0.39, 0.29) is 36.1 Å². The Morgan fingerprint density at radius 3 is 2.63 bits per heavy atom. The zero-order valence-electron chi connectivity index (χ0n) is 17.2. The Bertz CT molecular complexity index is 632. The number of imidazole rings is 1. The van der Waals surface area contributed by atoms with Gasteiger partial charge >= 0.3 is 6.09 Å². The van der Waals surface area contributed by atoms with Crippen LogP contribution in [0.1, 0.15) is 40.4 Å². The maximum absolute atomic E-state index is 12.0. The van der Waals surface area contributed by atoms with Gasteiger partial charge in [0.25, 0.3) is 0 Å². The molecule has 1 saturated heterocycles. The molecule has 0 unspecified atom stereocenters. The van der Waals surface area contributed by atoms with Crippen molar-refractivity contribution in [3.05, 3.63) is 18.2 Å². The van der Waals surface area contributed by atoms with E-state index in [1.54, 1.807) is 11.9 Å². The Morgan fingerprint density at radius 2 is 2.07 bits per heavy atom. The molecule has 154 valence electrons. The van der Waals surface area contributed by atoms with Gasteiger partial charge in [-0.2, -0.15) is 0 Å².